The molecule has 0 aliphatic rings. The second-order valence-electron chi connectivity index (χ2n) is 4.49. The maximum Gasteiger partial charge on any atom is 0.338 e. The monoisotopic (exact) mass is 335 g/mol. The molecular formula is C16H11ClFNO4. The van der Waals surface area contributed by atoms with Gasteiger partial charge in [0.1, 0.15) is 12.1 Å². The summed E-state index contributed by atoms with van der Waals surface area (Å²) in [7, 11) is 0. The number of amides is 1. The molecule has 0 saturated heterocycles. The molecule has 0 bridgehead atoms. The van der Waals surface area contributed by atoms with Crippen LogP contribution < -0.4 is 5.32 Å². The Bertz CT molecular complexity index is 746. The number of nitrogens with one attached hydrogen (secondary N) is 1. The van der Waals surface area contributed by atoms with Crippen LogP contribution in [0.25, 0.3) is 0 Å². The Hall–Kier alpha value is -2.73. The molecule has 2 aromatic carbocycles. The highest BCUT2D eigenvalue weighted by molar-refractivity contribution is 6.33. The Balaban J connectivity index is 1.91. The number of rotatable bonds is 5. The molecule has 7 heteroatoms. The number of aldehydes is 1. The average molecular weight is 336 g/mol. The summed E-state index contributed by atoms with van der Waals surface area (Å²) in [5, 5.41) is 2.50. The van der Waals surface area contributed by atoms with E-state index in [0.29, 0.717) is 11.8 Å². The van der Waals surface area contributed by atoms with Crippen molar-refractivity contribution in [3.63, 3.8) is 0 Å². The highest BCUT2D eigenvalue weighted by Gasteiger charge is 2.12. The summed E-state index contributed by atoms with van der Waals surface area (Å²) in [5.41, 5.74) is 0.704. The van der Waals surface area contributed by atoms with E-state index in [9.17, 15) is 18.8 Å². The predicted octanol–water partition coefficient (Wildman–Crippen LogP) is 3.09. The Morgan fingerprint density at radius 3 is 2.52 bits per heavy atom. The van der Waals surface area contributed by atoms with Gasteiger partial charge < -0.3 is 10.1 Å². The Labute approximate surface area is 136 Å². The number of ether oxygens (including phenoxy) is 1. The van der Waals surface area contributed by atoms with Gasteiger partial charge in [-0.25, -0.2) is 9.18 Å². The van der Waals surface area contributed by atoms with E-state index in [2.05, 4.69) is 5.32 Å². The topological polar surface area (TPSA) is 72.5 Å². The van der Waals surface area contributed by atoms with E-state index >= 15 is 0 Å². The summed E-state index contributed by atoms with van der Waals surface area (Å²) < 4.78 is 17.9. The van der Waals surface area contributed by atoms with Crippen LogP contribution in [-0.4, -0.2) is 24.8 Å². The third-order valence-corrected chi connectivity index (χ3v) is 3.15. The third kappa shape index (κ3) is 4.62. The van der Waals surface area contributed by atoms with Crippen molar-refractivity contribution in [1.29, 1.82) is 0 Å². The van der Waals surface area contributed by atoms with Crippen molar-refractivity contribution < 1.29 is 23.5 Å². The fourth-order valence-electron chi connectivity index (χ4n) is 1.69. The molecule has 0 spiro atoms. The first-order valence-corrected chi connectivity index (χ1v) is 6.84. The second kappa shape index (κ2) is 7.51. The molecule has 2 aromatic rings. The quantitative estimate of drug-likeness (QED) is 0.673. The second-order valence-corrected chi connectivity index (χ2v) is 4.90. The normalized spacial score (nSPS) is 10.0. The molecule has 0 unspecified atom stereocenters. The van der Waals surface area contributed by atoms with Gasteiger partial charge in [0.25, 0.3) is 5.91 Å². The standard InChI is InChI=1S/C16H11ClFNO4/c17-13-6-5-12(18)7-14(13)19-15(21)9-23-16(22)11-3-1-10(8-20)2-4-11/h1-8H,9H2,(H,19,21). The van der Waals surface area contributed by atoms with E-state index in [0.717, 1.165) is 12.1 Å². The summed E-state index contributed by atoms with van der Waals surface area (Å²) in [4.78, 5) is 34.0. The molecule has 0 aromatic heterocycles. The molecule has 23 heavy (non-hydrogen) atoms. The first-order chi connectivity index (χ1) is 11.0. The lowest BCUT2D eigenvalue weighted by Crippen LogP contribution is -2.21. The molecule has 0 saturated carbocycles. The Morgan fingerprint density at radius 1 is 1.17 bits per heavy atom. The number of carbonyl (C=O) groups excluding carboxylic acids is 3. The number of carbonyl (C=O) groups is 3. The molecule has 0 aliphatic carbocycles. The summed E-state index contributed by atoms with van der Waals surface area (Å²) in [5.74, 6) is -1.93. The van der Waals surface area contributed by atoms with Gasteiger partial charge in [-0.3, -0.25) is 9.59 Å². The molecule has 0 radical (unpaired) electrons. The van der Waals surface area contributed by atoms with Gasteiger partial charge in [-0.1, -0.05) is 23.7 Å². The molecule has 0 fully saturated rings. The lowest BCUT2D eigenvalue weighted by Gasteiger charge is -2.08. The van der Waals surface area contributed by atoms with Crippen LogP contribution in [0, 0.1) is 5.82 Å². The van der Waals surface area contributed by atoms with Gasteiger partial charge in [0, 0.05) is 5.56 Å². The van der Waals surface area contributed by atoms with Gasteiger partial charge in [0.2, 0.25) is 0 Å². The van der Waals surface area contributed by atoms with Crippen LogP contribution in [0.2, 0.25) is 5.02 Å². The van der Waals surface area contributed by atoms with Crippen LogP contribution in [0.5, 0.6) is 0 Å². The van der Waals surface area contributed by atoms with Crippen LogP contribution in [0.1, 0.15) is 20.7 Å². The largest absolute Gasteiger partial charge is 0.452 e. The van der Waals surface area contributed by atoms with Gasteiger partial charge in [0.05, 0.1) is 16.3 Å². The number of halogens is 2. The minimum atomic E-state index is -0.720. The smallest absolute Gasteiger partial charge is 0.338 e. The van der Waals surface area contributed by atoms with Crippen molar-refractivity contribution in [2.45, 2.75) is 0 Å². The molecule has 1 N–H and O–H groups in total. The number of benzene rings is 2. The van der Waals surface area contributed by atoms with Crippen LogP contribution >= 0.6 is 11.6 Å². The van der Waals surface area contributed by atoms with E-state index in [1.807, 2.05) is 0 Å². The van der Waals surface area contributed by atoms with Gasteiger partial charge in [-0.2, -0.15) is 0 Å². The van der Waals surface area contributed by atoms with Crippen LogP contribution in [0.4, 0.5) is 10.1 Å². The van der Waals surface area contributed by atoms with Crippen molar-refractivity contribution in [3.05, 3.63) is 64.4 Å². The minimum Gasteiger partial charge on any atom is -0.452 e. The number of esters is 1. The Kier molecular flexibility index (Phi) is 5.43. The number of hydrogen-bond donors (Lipinski definition) is 1. The molecular weight excluding hydrogens is 325 g/mol. The van der Waals surface area contributed by atoms with Crippen molar-refractivity contribution in [1.82, 2.24) is 0 Å². The number of hydrogen-bond acceptors (Lipinski definition) is 4. The summed E-state index contributed by atoms with van der Waals surface area (Å²) in [6.07, 6.45) is 0.644. The lowest BCUT2D eigenvalue weighted by atomic mass is 10.1. The average Bonchev–Trinajstić information content (AvgIpc) is 2.56. The summed E-state index contributed by atoms with van der Waals surface area (Å²) >= 11 is 5.81. The molecule has 0 atom stereocenters. The molecule has 1 amide bonds. The zero-order valence-electron chi connectivity index (χ0n) is 11.7. The van der Waals surface area contributed by atoms with E-state index in [-0.39, 0.29) is 16.3 Å². The van der Waals surface area contributed by atoms with Crippen LogP contribution in [0.3, 0.4) is 0 Å². The lowest BCUT2D eigenvalue weighted by molar-refractivity contribution is -0.119. The van der Waals surface area contributed by atoms with Crippen LogP contribution in [0.15, 0.2) is 42.5 Å². The zero-order chi connectivity index (χ0) is 16.8. The molecule has 118 valence electrons. The first kappa shape index (κ1) is 16.6. The maximum atomic E-state index is 13.1. The Morgan fingerprint density at radius 2 is 1.87 bits per heavy atom. The van der Waals surface area contributed by atoms with Gasteiger partial charge >= 0.3 is 5.97 Å². The van der Waals surface area contributed by atoms with Gasteiger partial charge in [-0.15, -0.1) is 0 Å². The van der Waals surface area contributed by atoms with Crippen molar-refractivity contribution >= 4 is 35.5 Å². The fourth-order valence-corrected chi connectivity index (χ4v) is 1.86. The third-order valence-electron chi connectivity index (χ3n) is 2.82. The molecule has 5 nitrogen and oxygen atoms in total. The maximum absolute atomic E-state index is 13.1. The van der Waals surface area contributed by atoms with E-state index in [1.54, 1.807) is 0 Å². The molecule has 0 heterocycles. The SMILES string of the molecule is O=Cc1ccc(C(=O)OCC(=O)Nc2cc(F)ccc2Cl)cc1. The van der Waals surface area contributed by atoms with Crippen molar-refractivity contribution in [3.8, 4) is 0 Å². The van der Waals surface area contributed by atoms with Gasteiger partial charge in [0.15, 0.2) is 6.61 Å². The van der Waals surface area contributed by atoms with E-state index in [4.69, 9.17) is 16.3 Å². The van der Waals surface area contributed by atoms with Crippen molar-refractivity contribution in [2.24, 2.45) is 0 Å². The molecule has 0 aliphatic heterocycles. The van der Waals surface area contributed by atoms with E-state index < -0.39 is 24.3 Å². The first-order valence-electron chi connectivity index (χ1n) is 6.47. The number of anilines is 1. The summed E-state index contributed by atoms with van der Waals surface area (Å²) in [6.45, 7) is -0.554. The highest BCUT2D eigenvalue weighted by atomic mass is 35.5. The molecule has 2 rings (SSSR count). The highest BCUT2D eigenvalue weighted by Crippen LogP contribution is 2.22. The van der Waals surface area contributed by atoms with Crippen molar-refractivity contribution in [2.75, 3.05) is 11.9 Å². The summed E-state index contributed by atoms with van der Waals surface area (Å²) in [6, 6.07) is 9.24. The predicted molar refractivity (Wildman–Crippen MR) is 82.2 cm³/mol. The van der Waals surface area contributed by atoms with Crippen LogP contribution in [-0.2, 0) is 9.53 Å². The zero-order valence-corrected chi connectivity index (χ0v) is 12.5. The van der Waals surface area contributed by atoms with Gasteiger partial charge in [-0.05, 0) is 30.3 Å². The van der Waals surface area contributed by atoms with E-state index in [1.165, 1.54) is 30.3 Å². The fraction of sp³-hybridized carbons (Fsp3) is 0.0625. The minimum absolute atomic E-state index is 0.0862.